The maximum atomic E-state index is 11.1. The van der Waals surface area contributed by atoms with Crippen LogP contribution in [0.3, 0.4) is 0 Å². The predicted octanol–water partition coefficient (Wildman–Crippen LogP) is 0.557. The van der Waals surface area contributed by atoms with Crippen LogP contribution in [0.25, 0.3) is 0 Å². The molecule has 1 aromatic heterocycles. The SMILES string of the molecule is COCC(=O)Nc1ccc(N)c(C)n1. The van der Waals surface area contributed by atoms with Crippen molar-refractivity contribution in [1.82, 2.24) is 4.98 Å². The zero-order valence-electron chi connectivity index (χ0n) is 8.20. The molecule has 3 N–H and O–H groups in total. The van der Waals surface area contributed by atoms with Crippen LogP contribution in [0.5, 0.6) is 0 Å². The van der Waals surface area contributed by atoms with E-state index in [0.29, 0.717) is 17.2 Å². The van der Waals surface area contributed by atoms with Crippen LogP contribution in [0.4, 0.5) is 11.5 Å². The molecule has 1 aromatic rings. The Bertz CT molecular complexity index is 339. The number of aryl methyl sites for hydroxylation is 1. The predicted molar refractivity (Wildman–Crippen MR) is 53.9 cm³/mol. The second-order valence-corrected chi connectivity index (χ2v) is 2.85. The molecule has 76 valence electrons. The van der Waals surface area contributed by atoms with Crippen LogP contribution >= 0.6 is 0 Å². The van der Waals surface area contributed by atoms with Gasteiger partial charge in [-0.2, -0.15) is 0 Å². The molecule has 1 rings (SSSR count). The van der Waals surface area contributed by atoms with Crippen molar-refractivity contribution < 1.29 is 9.53 Å². The van der Waals surface area contributed by atoms with Gasteiger partial charge in [-0.25, -0.2) is 4.98 Å². The maximum absolute atomic E-state index is 11.1. The van der Waals surface area contributed by atoms with Gasteiger partial charge in [0.1, 0.15) is 12.4 Å². The number of nitrogens with one attached hydrogen (secondary N) is 1. The van der Waals surface area contributed by atoms with Crippen molar-refractivity contribution in [1.29, 1.82) is 0 Å². The van der Waals surface area contributed by atoms with Crippen LogP contribution in [0.15, 0.2) is 12.1 Å². The van der Waals surface area contributed by atoms with Gasteiger partial charge in [0.25, 0.3) is 5.91 Å². The highest BCUT2D eigenvalue weighted by Gasteiger charge is 2.03. The van der Waals surface area contributed by atoms with Gasteiger partial charge in [-0.1, -0.05) is 0 Å². The number of amides is 1. The number of nitrogen functional groups attached to an aromatic ring is 1. The fourth-order valence-electron chi connectivity index (χ4n) is 0.951. The summed E-state index contributed by atoms with van der Waals surface area (Å²) in [4.78, 5) is 15.2. The topological polar surface area (TPSA) is 77.2 Å². The molecule has 0 unspecified atom stereocenters. The number of carbonyl (C=O) groups excluding carboxylic acids is 1. The van der Waals surface area contributed by atoms with Crippen LogP contribution < -0.4 is 11.1 Å². The first-order chi connectivity index (χ1) is 6.63. The minimum Gasteiger partial charge on any atom is -0.397 e. The van der Waals surface area contributed by atoms with Crippen molar-refractivity contribution in [3.8, 4) is 0 Å². The van der Waals surface area contributed by atoms with Crippen molar-refractivity contribution in [2.75, 3.05) is 24.8 Å². The van der Waals surface area contributed by atoms with Crippen molar-refractivity contribution in [3.63, 3.8) is 0 Å². The summed E-state index contributed by atoms with van der Waals surface area (Å²) in [5.41, 5.74) is 6.88. The van der Waals surface area contributed by atoms with Crippen LogP contribution in [0, 0.1) is 6.92 Å². The van der Waals surface area contributed by atoms with Gasteiger partial charge in [-0.05, 0) is 19.1 Å². The Hall–Kier alpha value is -1.62. The van der Waals surface area contributed by atoms with Gasteiger partial charge >= 0.3 is 0 Å². The molecule has 0 aromatic carbocycles. The van der Waals surface area contributed by atoms with E-state index in [1.54, 1.807) is 19.1 Å². The number of hydrogen-bond acceptors (Lipinski definition) is 4. The Kier molecular flexibility index (Phi) is 3.41. The largest absolute Gasteiger partial charge is 0.397 e. The highest BCUT2D eigenvalue weighted by Crippen LogP contribution is 2.11. The average molecular weight is 195 g/mol. The molecule has 5 nitrogen and oxygen atoms in total. The second kappa shape index (κ2) is 4.57. The van der Waals surface area contributed by atoms with E-state index in [9.17, 15) is 4.79 Å². The lowest BCUT2D eigenvalue weighted by atomic mass is 10.3. The number of aromatic nitrogens is 1. The molecular formula is C9H13N3O2. The zero-order chi connectivity index (χ0) is 10.6. The van der Waals surface area contributed by atoms with E-state index in [1.807, 2.05) is 0 Å². The molecule has 1 amide bonds. The molecule has 5 heteroatoms. The average Bonchev–Trinajstić information content (AvgIpc) is 2.12. The summed E-state index contributed by atoms with van der Waals surface area (Å²) in [6.07, 6.45) is 0. The molecule has 0 atom stereocenters. The van der Waals surface area contributed by atoms with Crippen LogP contribution in [0.1, 0.15) is 5.69 Å². The van der Waals surface area contributed by atoms with Gasteiger partial charge < -0.3 is 15.8 Å². The Morgan fingerprint density at radius 1 is 1.64 bits per heavy atom. The normalized spacial score (nSPS) is 9.86. The van der Waals surface area contributed by atoms with Gasteiger partial charge in [0.2, 0.25) is 0 Å². The molecule has 0 saturated heterocycles. The highest BCUT2D eigenvalue weighted by molar-refractivity contribution is 5.90. The first-order valence-corrected chi connectivity index (χ1v) is 4.15. The molecule has 0 bridgehead atoms. The molecule has 14 heavy (non-hydrogen) atoms. The summed E-state index contributed by atoms with van der Waals surface area (Å²) >= 11 is 0. The number of anilines is 2. The van der Waals surface area contributed by atoms with Gasteiger partial charge in [0, 0.05) is 7.11 Å². The number of ether oxygens (including phenoxy) is 1. The summed E-state index contributed by atoms with van der Waals surface area (Å²) in [7, 11) is 1.46. The minimum atomic E-state index is -0.232. The Morgan fingerprint density at radius 3 is 2.93 bits per heavy atom. The van der Waals surface area contributed by atoms with E-state index in [-0.39, 0.29) is 12.5 Å². The maximum Gasteiger partial charge on any atom is 0.251 e. The Morgan fingerprint density at radius 2 is 2.36 bits per heavy atom. The van der Waals surface area contributed by atoms with E-state index < -0.39 is 0 Å². The first kappa shape index (κ1) is 10.5. The third kappa shape index (κ3) is 2.70. The molecule has 0 aliphatic rings. The van der Waals surface area contributed by atoms with E-state index in [1.165, 1.54) is 7.11 Å². The lowest BCUT2D eigenvalue weighted by molar-refractivity contribution is -0.119. The number of rotatable bonds is 3. The van der Waals surface area contributed by atoms with Gasteiger partial charge in [-0.15, -0.1) is 0 Å². The molecule has 0 aliphatic heterocycles. The number of nitrogens with two attached hydrogens (primary N) is 1. The van der Waals surface area contributed by atoms with E-state index >= 15 is 0 Å². The van der Waals surface area contributed by atoms with Crippen molar-refractivity contribution in [2.45, 2.75) is 6.92 Å². The number of pyridine rings is 1. The van der Waals surface area contributed by atoms with Gasteiger partial charge in [0.15, 0.2) is 0 Å². The fraction of sp³-hybridized carbons (Fsp3) is 0.333. The quantitative estimate of drug-likeness (QED) is 0.738. The smallest absolute Gasteiger partial charge is 0.251 e. The second-order valence-electron chi connectivity index (χ2n) is 2.85. The van der Waals surface area contributed by atoms with Gasteiger partial charge in [0.05, 0.1) is 11.4 Å². The summed E-state index contributed by atoms with van der Waals surface area (Å²) < 4.78 is 4.67. The molecule has 0 fully saturated rings. The first-order valence-electron chi connectivity index (χ1n) is 4.15. The summed E-state index contributed by atoms with van der Waals surface area (Å²) in [5.74, 6) is 0.253. The lowest BCUT2D eigenvalue weighted by Crippen LogP contribution is -2.18. The minimum absolute atomic E-state index is 0.0190. The van der Waals surface area contributed by atoms with Crippen molar-refractivity contribution >= 4 is 17.4 Å². The van der Waals surface area contributed by atoms with E-state index in [4.69, 9.17) is 5.73 Å². The fourth-order valence-corrected chi connectivity index (χ4v) is 0.951. The monoisotopic (exact) mass is 195 g/mol. The molecule has 0 spiro atoms. The van der Waals surface area contributed by atoms with Gasteiger partial charge in [-0.3, -0.25) is 4.79 Å². The Balaban J connectivity index is 2.68. The number of nitrogens with zero attached hydrogens (tertiary/aromatic N) is 1. The van der Waals surface area contributed by atoms with E-state index in [2.05, 4.69) is 15.0 Å². The molecule has 0 saturated carbocycles. The standard InChI is InChI=1S/C9H13N3O2/c1-6-7(10)3-4-8(11-6)12-9(13)5-14-2/h3-4H,5,10H2,1-2H3,(H,11,12,13). The molecule has 1 heterocycles. The Labute approximate surface area is 82.3 Å². The van der Waals surface area contributed by atoms with Crippen LogP contribution in [0.2, 0.25) is 0 Å². The summed E-state index contributed by atoms with van der Waals surface area (Å²) in [6.45, 7) is 1.80. The third-order valence-electron chi connectivity index (χ3n) is 1.67. The van der Waals surface area contributed by atoms with Crippen molar-refractivity contribution in [2.24, 2.45) is 0 Å². The number of methoxy groups -OCH3 is 1. The number of hydrogen-bond donors (Lipinski definition) is 2. The summed E-state index contributed by atoms with van der Waals surface area (Å²) in [5, 5.41) is 2.58. The van der Waals surface area contributed by atoms with Crippen molar-refractivity contribution in [3.05, 3.63) is 17.8 Å². The lowest BCUT2D eigenvalue weighted by Gasteiger charge is -2.05. The highest BCUT2D eigenvalue weighted by atomic mass is 16.5. The van der Waals surface area contributed by atoms with E-state index in [0.717, 1.165) is 0 Å². The number of carbonyl (C=O) groups is 1. The van der Waals surface area contributed by atoms with Crippen LogP contribution in [-0.2, 0) is 9.53 Å². The van der Waals surface area contributed by atoms with Crippen LogP contribution in [-0.4, -0.2) is 24.6 Å². The zero-order valence-corrected chi connectivity index (χ0v) is 8.20. The third-order valence-corrected chi connectivity index (χ3v) is 1.67. The molecule has 0 radical (unpaired) electrons. The summed E-state index contributed by atoms with van der Waals surface area (Å²) in [6, 6.07) is 3.35. The molecule has 0 aliphatic carbocycles. The molecular weight excluding hydrogens is 182 g/mol.